The lowest BCUT2D eigenvalue weighted by Gasteiger charge is -2.23. The minimum atomic E-state index is -4.77. The second-order valence-electron chi connectivity index (χ2n) is 8.42. The van der Waals surface area contributed by atoms with Gasteiger partial charge in [0.1, 0.15) is 12.6 Å². The average molecular weight is 492 g/mol. The summed E-state index contributed by atoms with van der Waals surface area (Å²) < 4.78 is 45.7. The number of carbonyl (C=O) groups is 3. The van der Waals surface area contributed by atoms with Gasteiger partial charge in [-0.15, -0.1) is 0 Å². The van der Waals surface area contributed by atoms with Crippen LogP contribution in [0.4, 0.5) is 18.0 Å². The number of fused-ring (bicyclic) bond motifs is 3. The summed E-state index contributed by atoms with van der Waals surface area (Å²) >= 11 is 0. The Labute approximate surface area is 200 Å². The highest BCUT2D eigenvalue weighted by molar-refractivity contribution is 5.79. The topological polar surface area (TPSA) is 95.9 Å². The van der Waals surface area contributed by atoms with Crippen LogP contribution in [0.2, 0.25) is 0 Å². The molecule has 1 aliphatic carbocycles. The minimum Gasteiger partial charge on any atom is -0.481 e. The van der Waals surface area contributed by atoms with E-state index in [1.54, 1.807) is 0 Å². The molecule has 1 aliphatic rings. The van der Waals surface area contributed by atoms with Crippen molar-refractivity contribution >= 4 is 18.0 Å². The Balaban J connectivity index is 1.56. The van der Waals surface area contributed by atoms with E-state index in [4.69, 9.17) is 9.84 Å². The summed E-state index contributed by atoms with van der Waals surface area (Å²) in [6.07, 6.45) is -7.05. The molecular formula is C25H27F3N2O5. The fraction of sp³-hybridized carbons (Fsp3) is 0.400. The lowest BCUT2D eigenvalue weighted by atomic mass is 9.98. The van der Waals surface area contributed by atoms with Crippen LogP contribution in [0, 0.1) is 0 Å². The minimum absolute atomic E-state index is 0.113. The summed E-state index contributed by atoms with van der Waals surface area (Å²) in [6, 6.07) is 12.9. The van der Waals surface area contributed by atoms with Gasteiger partial charge in [-0.3, -0.25) is 9.59 Å². The molecule has 0 aromatic heterocycles. The second kappa shape index (κ2) is 11.2. The molecule has 0 spiro atoms. The van der Waals surface area contributed by atoms with Gasteiger partial charge in [0.05, 0.1) is 0 Å². The van der Waals surface area contributed by atoms with E-state index < -0.39 is 43.0 Å². The average Bonchev–Trinajstić information content (AvgIpc) is 3.13. The molecule has 2 N–H and O–H groups in total. The van der Waals surface area contributed by atoms with Crippen molar-refractivity contribution in [2.24, 2.45) is 0 Å². The number of rotatable bonds is 10. The third-order valence-electron chi connectivity index (χ3n) is 5.99. The third kappa shape index (κ3) is 6.74. The van der Waals surface area contributed by atoms with E-state index >= 15 is 0 Å². The standard InChI is InChI=1S/C25H27F3N2O5/c1-30(14-6-11-23(32)33)22(31)13-12-21(25(26,27)28)29-24(34)35-15-20-18-9-4-2-7-16(18)17-8-3-5-10-19(17)20/h2-5,7-10,20-21H,6,11-15H2,1H3,(H,29,34)(H,32,33)/t21-/m0/s1. The summed E-state index contributed by atoms with van der Waals surface area (Å²) in [6.45, 7) is -0.0166. The van der Waals surface area contributed by atoms with Crippen LogP contribution in [0.1, 0.15) is 42.7 Å². The first-order chi connectivity index (χ1) is 16.6. The maximum atomic E-state index is 13.5. The summed E-state index contributed by atoms with van der Waals surface area (Å²) in [5, 5.41) is 10.5. The number of hydrogen-bond donors (Lipinski definition) is 2. The molecule has 3 rings (SSSR count). The molecule has 0 aliphatic heterocycles. The van der Waals surface area contributed by atoms with E-state index in [-0.39, 0.29) is 31.9 Å². The number of carboxylic acid groups (broad SMARTS) is 1. The molecule has 0 bridgehead atoms. The van der Waals surface area contributed by atoms with Crippen molar-refractivity contribution in [1.82, 2.24) is 10.2 Å². The number of benzene rings is 2. The van der Waals surface area contributed by atoms with E-state index in [1.807, 2.05) is 53.8 Å². The Morgan fingerprint density at radius 3 is 2.14 bits per heavy atom. The van der Waals surface area contributed by atoms with Crippen molar-refractivity contribution in [2.45, 2.75) is 43.8 Å². The van der Waals surface area contributed by atoms with E-state index in [0.29, 0.717) is 0 Å². The lowest BCUT2D eigenvalue weighted by molar-refractivity contribution is -0.157. The smallest absolute Gasteiger partial charge is 0.408 e. The zero-order valence-electron chi connectivity index (χ0n) is 19.2. The summed E-state index contributed by atoms with van der Waals surface area (Å²) in [5.41, 5.74) is 3.86. The molecule has 10 heteroatoms. The Bertz CT molecular complexity index is 1030. The van der Waals surface area contributed by atoms with Crippen LogP contribution in [0.3, 0.4) is 0 Å². The number of alkyl carbamates (subject to hydrolysis) is 1. The van der Waals surface area contributed by atoms with Crippen molar-refractivity contribution in [1.29, 1.82) is 0 Å². The van der Waals surface area contributed by atoms with Crippen LogP contribution >= 0.6 is 0 Å². The predicted octanol–water partition coefficient (Wildman–Crippen LogP) is 4.56. The number of ether oxygens (including phenoxy) is 1. The number of nitrogens with one attached hydrogen (secondary N) is 1. The number of halogens is 3. The van der Waals surface area contributed by atoms with Gasteiger partial charge in [-0.25, -0.2) is 4.79 Å². The van der Waals surface area contributed by atoms with E-state index in [1.165, 1.54) is 11.9 Å². The van der Waals surface area contributed by atoms with Crippen molar-refractivity contribution in [3.63, 3.8) is 0 Å². The monoisotopic (exact) mass is 492 g/mol. The van der Waals surface area contributed by atoms with Gasteiger partial charge in [-0.05, 0) is 35.1 Å². The fourth-order valence-electron chi connectivity index (χ4n) is 4.15. The Morgan fingerprint density at radius 1 is 1.03 bits per heavy atom. The number of amides is 2. The van der Waals surface area contributed by atoms with Crippen molar-refractivity contribution in [3.05, 3.63) is 59.7 Å². The molecule has 2 aromatic carbocycles. The highest BCUT2D eigenvalue weighted by Crippen LogP contribution is 2.44. The zero-order valence-corrected chi connectivity index (χ0v) is 19.2. The number of carboxylic acids is 1. The van der Waals surface area contributed by atoms with Gasteiger partial charge >= 0.3 is 18.2 Å². The first-order valence-corrected chi connectivity index (χ1v) is 11.2. The molecular weight excluding hydrogens is 465 g/mol. The molecule has 0 saturated carbocycles. The van der Waals surface area contributed by atoms with Gasteiger partial charge in [-0.2, -0.15) is 13.2 Å². The molecule has 7 nitrogen and oxygen atoms in total. The molecule has 35 heavy (non-hydrogen) atoms. The van der Waals surface area contributed by atoms with Crippen LogP contribution in [0.5, 0.6) is 0 Å². The summed E-state index contributed by atoms with van der Waals surface area (Å²) in [7, 11) is 1.39. The number of nitrogens with zero attached hydrogens (tertiary/aromatic N) is 1. The Hall–Kier alpha value is -3.56. The van der Waals surface area contributed by atoms with Crippen LogP contribution in [-0.4, -0.2) is 60.4 Å². The number of alkyl halides is 3. The molecule has 0 radical (unpaired) electrons. The van der Waals surface area contributed by atoms with Gasteiger partial charge in [0.15, 0.2) is 0 Å². The van der Waals surface area contributed by atoms with Gasteiger partial charge in [0.25, 0.3) is 0 Å². The Morgan fingerprint density at radius 2 is 1.60 bits per heavy atom. The molecule has 0 unspecified atom stereocenters. The van der Waals surface area contributed by atoms with Crippen LogP contribution in [-0.2, 0) is 14.3 Å². The first kappa shape index (κ1) is 26.1. The van der Waals surface area contributed by atoms with Crippen LogP contribution < -0.4 is 5.32 Å². The van der Waals surface area contributed by atoms with Gasteiger partial charge < -0.3 is 20.1 Å². The van der Waals surface area contributed by atoms with Crippen molar-refractivity contribution in [2.75, 3.05) is 20.2 Å². The third-order valence-corrected chi connectivity index (χ3v) is 5.99. The van der Waals surface area contributed by atoms with E-state index in [0.717, 1.165) is 22.3 Å². The quantitative estimate of drug-likeness (QED) is 0.507. The lowest BCUT2D eigenvalue weighted by Crippen LogP contribution is -2.46. The highest BCUT2D eigenvalue weighted by atomic mass is 19.4. The number of aliphatic carboxylic acids is 1. The van der Waals surface area contributed by atoms with Crippen LogP contribution in [0.15, 0.2) is 48.5 Å². The van der Waals surface area contributed by atoms with Crippen molar-refractivity contribution < 1.29 is 37.4 Å². The molecule has 0 heterocycles. The van der Waals surface area contributed by atoms with E-state index in [9.17, 15) is 27.6 Å². The SMILES string of the molecule is CN(CCCC(=O)O)C(=O)CC[C@H](NC(=O)OCC1c2ccccc2-c2ccccc21)C(F)(F)F. The fourth-order valence-corrected chi connectivity index (χ4v) is 4.15. The molecule has 0 fully saturated rings. The number of carbonyl (C=O) groups excluding carboxylic acids is 2. The molecule has 2 amide bonds. The normalized spacial score (nSPS) is 13.5. The van der Waals surface area contributed by atoms with Crippen molar-refractivity contribution in [3.8, 4) is 11.1 Å². The number of hydrogen-bond acceptors (Lipinski definition) is 4. The molecule has 188 valence electrons. The summed E-state index contributed by atoms with van der Waals surface area (Å²) in [5.74, 6) is -1.88. The second-order valence-corrected chi connectivity index (χ2v) is 8.42. The summed E-state index contributed by atoms with van der Waals surface area (Å²) in [4.78, 5) is 36.2. The largest absolute Gasteiger partial charge is 0.481 e. The Kier molecular flexibility index (Phi) is 8.37. The van der Waals surface area contributed by atoms with Gasteiger partial charge in [-0.1, -0.05) is 48.5 Å². The molecule has 2 aromatic rings. The maximum Gasteiger partial charge on any atom is 0.408 e. The first-order valence-electron chi connectivity index (χ1n) is 11.2. The van der Waals surface area contributed by atoms with Gasteiger partial charge in [0.2, 0.25) is 5.91 Å². The maximum absolute atomic E-state index is 13.5. The highest BCUT2D eigenvalue weighted by Gasteiger charge is 2.41. The molecule has 0 saturated heterocycles. The zero-order chi connectivity index (χ0) is 25.6. The van der Waals surface area contributed by atoms with Gasteiger partial charge in [0, 0.05) is 32.4 Å². The van der Waals surface area contributed by atoms with E-state index in [2.05, 4.69) is 0 Å². The van der Waals surface area contributed by atoms with Crippen LogP contribution in [0.25, 0.3) is 11.1 Å². The molecule has 1 atom stereocenters. The predicted molar refractivity (Wildman–Crippen MR) is 122 cm³/mol.